The van der Waals surface area contributed by atoms with Crippen LogP contribution in [0.4, 0.5) is 8.78 Å². The van der Waals surface area contributed by atoms with Crippen LogP contribution < -0.4 is 5.32 Å². The Morgan fingerprint density at radius 2 is 2.05 bits per heavy atom. The largest absolute Gasteiger partial charge is 0.325 e. The van der Waals surface area contributed by atoms with Gasteiger partial charge in [0.25, 0.3) is 0 Å². The molecular weight excluding hydrogens is 250 g/mol. The first-order valence-electron chi connectivity index (χ1n) is 6.52. The predicted molar refractivity (Wildman–Crippen MR) is 68.3 cm³/mol. The lowest BCUT2D eigenvalue weighted by Crippen LogP contribution is -2.28. The van der Waals surface area contributed by atoms with Gasteiger partial charge in [0.2, 0.25) is 5.91 Å². The first-order valence-corrected chi connectivity index (χ1v) is 6.52. The minimum absolute atomic E-state index is 0.00295. The van der Waals surface area contributed by atoms with Crippen LogP contribution in [0.5, 0.6) is 0 Å². The van der Waals surface area contributed by atoms with Crippen LogP contribution in [0.3, 0.4) is 0 Å². The number of halogens is 2. The van der Waals surface area contributed by atoms with Gasteiger partial charge in [-0.3, -0.25) is 10.1 Å². The highest BCUT2D eigenvalue weighted by Crippen LogP contribution is 2.26. The quantitative estimate of drug-likeness (QED) is 0.910. The second-order valence-corrected chi connectivity index (χ2v) is 4.89. The van der Waals surface area contributed by atoms with Crippen molar-refractivity contribution in [1.82, 2.24) is 10.2 Å². The Kier molecular flexibility index (Phi) is 4.14. The van der Waals surface area contributed by atoms with Crippen molar-refractivity contribution in [3.63, 3.8) is 0 Å². The first-order chi connectivity index (χ1) is 9.04. The molecule has 5 heteroatoms. The summed E-state index contributed by atoms with van der Waals surface area (Å²) in [6.45, 7) is 2.07. The topological polar surface area (TPSA) is 32.3 Å². The van der Waals surface area contributed by atoms with E-state index in [-0.39, 0.29) is 18.1 Å². The van der Waals surface area contributed by atoms with Crippen LogP contribution in [-0.4, -0.2) is 23.9 Å². The van der Waals surface area contributed by atoms with Gasteiger partial charge in [-0.25, -0.2) is 8.78 Å². The predicted octanol–water partition coefficient (Wildman–Crippen LogP) is 2.58. The fourth-order valence-electron chi connectivity index (χ4n) is 2.36. The summed E-state index contributed by atoms with van der Waals surface area (Å²) in [5, 5.41) is 3.18. The number of carbonyl (C=O) groups excluding carboxylic acids is 1. The third-order valence-corrected chi connectivity index (χ3v) is 3.50. The summed E-state index contributed by atoms with van der Waals surface area (Å²) in [5.74, 6) is -1.77. The third kappa shape index (κ3) is 2.76. The summed E-state index contributed by atoms with van der Waals surface area (Å²) in [4.78, 5) is 13.6. The van der Waals surface area contributed by atoms with E-state index < -0.39 is 11.6 Å². The minimum atomic E-state index is -0.892. The van der Waals surface area contributed by atoms with E-state index in [1.165, 1.54) is 6.07 Å². The Labute approximate surface area is 111 Å². The number of nitrogens with one attached hydrogen (secondary N) is 1. The van der Waals surface area contributed by atoms with Gasteiger partial charge in [0.05, 0.1) is 6.04 Å². The van der Waals surface area contributed by atoms with Crippen molar-refractivity contribution < 1.29 is 13.6 Å². The lowest BCUT2D eigenvalue weighted by Gasteiger charge is -2.19. The average Bonchev–Trinajstić information content (AvgIpc) is 2.67. The van der Waals surface area contributed by atoms with Gasteiger partial charge in [-0.2, -0.15) is 0 Å². The van der Waals surface area contributed by atoms with Crippen molar-refractivity contribution in [1.29, 1.82) is 0 Å². The number of unbranched alkanes of at least 4 members (excludes halogenated alkanes) is 1. The molecule has 19 heavy (non-hydrogen) atoms. The molecule has 2 unspecified atom stereocenters. The van der Waals surface area contributed by atoms with Gasteiger partial charge in [-0.05, 0) is 24.1 Å². The molecule has 2 rings (SSSR count). The summed E-state index contributed by atoms with van der Waals surface area (Å²) in [7, 11) is 1.67. The molecule has 0 radical (unpaired) electrons. The molecule has 1 heterocycles. The number of rotatable bonds is 4. The van der Waals surface area contributed by atoms with Crippen LogP contribution in [0.25, 0.3) is 0 Å². The fourth-order valence-corrected chi connectivity index (χ4v) is 2.36. The Hall–Kier alpha value is -1.49. The van der Waals surface area contributed by atoms with Crippen LogP contribution in [0, 0.1) is 11.6 Å². The minimum Gasteiger partial charge on any atom is -0.325 e. The maximum atomic E-state index is 13.3. The van der Waals surface area contributed by atoms with Gasteiger partial charge in [0, 0.05) is 7.05 Å². The van der Waals surface area contributed by atoms with Crippen LogP contribution >= 0.6 is 0 Å². The molecule has 1 amide bonds. The van der Waals surface area contributed by atoms with E-state index in [1.807, 2.05) is 0 Å². The van der Waals surface area contributed by atoms with E-state index in [4.69, 9.17) is 0 Å². The van der Waals surface area contributed by atoms with Crippen molar-refractivity contribution in [2.45, 2.75) is 38.4 Å². The molecule has 104 valence electrons. The molecule has 0 aliphatic carbocycles. The van der Waals surface area contributed by atoms with Crippen LogP contribution in [0.2, 0.25) is 0 Å². The van der Waals surface area contributed by atoms with E-state index in [0.717, 1.165) is 31.4 Å². The Morgan fingerprint density at radius 1 is 1.32 bits per heavy atom. The van der Waals surface area contributed by atoms with E-state index >= 15 is 0 Å². The molecule has 1 aliphatic rings. The number of nitrogens with zero attached hydrogens (tertiary/aromatic N) is 1. The van der Waals surface area contributed by atoms with Gasteiger partial charge in [0.1, 0.15) is 6.17 Å². The fraction of sp³-hybridized carbons (Fsp3) is 0.500. The van der Waals surface area contributed by atoms with Crippen molar-refractivity contribution in [3.8, 4) is 0 Å². The lowest BCUT2D eigenvalue weighted by atomic mass is 10.1. The van der Waals surface area contributed by atoms with Gasteiger partial charge in [-0.1, -0.05) is 25.8 Å². The number of likely N-dealkylation sites (N-methyl/N-ethyl adjacent to an activating group) is 1. The highest BCUT2D eigenvalue weighted by Gasteiger charge is 2.36. The maximum Gasteiger partial charge on any atom is 0.241 e. The summed E-state index contributed by atoms with van der Waals surface area (Å²) >= 11 is 0. The van der Waals surface area contributed by atoms with Crippen LogP contribution in [0.1, 0.15) is 37.9 Å². The molecule has 1 fully saturated rings. The first kappa shape index (κ1) is 13.9. The Balaban J connectivity index is 2.16. The number of amides is 1. The van der Waals surface area contributed by atoms with Crippen molar-refractivity contribution >= 4 is 5.91 Å². The molecule has 1 N–H and O–H groups in total. The normalized spacial score (nSPS) is 23.2. The van der Waals surface area contributed by atoms with Crippen molar-refractivity contribution in [2.24, 2.45) is 0 Å². The van der Waals surface area contributed by atoms with Crippen molar-refractivity contribution in [2.75, 3.05) is 7.05 Å². The summed E-state index contributed by atoms with van der Waals surface area (Å²) in [6.07, 6.45) is 2.36. The zero-order valence-corrected chi connectivity index (χ0v) is 11.1. The van der Waals surface area contributed by atoms with Gasteiger partial charge in [0.15, 0.2) is 11.6 Å². The van der Waals surface area contributed by atoms with E-state index in [0.29, 0.717) is 5.56 Å². The second kappa shape index (κ2) is 5.65. The zero-order valence-electron chi connectivity index (χ0n) is 11.1. The Bertz CT molecular complexity index is 479. The van der Waals surface area contributed by atoms with Crippen LogP contribution in [0.15, 0.2) is 18.2 Å². The highest BCUT2D eigenvalue weighted by molar-refractivity contribution is 5.84. The van der Waals surface area contributed by atoms with Crippen LogP contribution in [-0.2, 0) is 4.79 Å². The summed E-state index contributed by atoms with van der Waals surface area (Å²) in [5.41, 5.74) is 0.564. The van der Waals surface area contributed by atoms with Crippen molar-refractivity contribution in [3.05, 3.63) is 35.4 Å². The number of hydrogen-bond acceptors (Lipinski definition) is 2. The maximum absolute atomic E-state index is 13.3. The lowest BCUT2D eigenvalue weighted by molar-refractivity contribution is -0.128. The van der Waals surface area contributed by atoms with Gasteiger partial charge < -0.3 is 4.90 Å². The zero-order chi connectivity index (χ0) is 14.0. The van der Waals surface area contributed by atoms with E-state index in [1.54, 1.807) is 11.9 Å². The molecule has 2 atom stereocenters. The highest BCUT2D eigenvalue weighted by atomic mass is 19.2. The molecule has 3 nitrogen and oxygen atoms in total. The molecule has 1 aromatic rings. The molecule has 1 aliphatic heterocycles. The third-order valence-electron chi connectivity index (χ3n) is 3.50. The average molecular weight is 268 g/mol. The second-order valence-electron chi connectivity index (χ2n) is 4.89. The van der Waals surface area contributed by atoms with Gasteiger partial charge in [-0.15, -0.1) is 0 Å². The molecule has 0 bridgehead atoms. The number of hydrogen-bond donors (Lipinski definition) is 1. The smallest absolute Gasteiger partial charge is 0.241 e. The Morgan fingerprint density at radius 3 is 2.68 bits per heavy atom. The summed E-state index contributed by atoms with van der Waals surface area (Å²) in [6, 6.07) is 3.49. The van der Waals surface area contributed by atoms with E-state index in [9.17, 15) is 13.6 Å². The van der Waals surface area contributed by atoms with Gasteiger partial charge >= 0.3 is 0 Å². The molecule has 0 spiro atoms. The number of benzene rings is 1. The molecule has 1 saturated heterocycles. The molecule has 0 saturated carbocycles. The summed E-state index contributed by atoms with van der Waals surface area (Å²) < 4.78 is 26.2. The monoisotopic (exact) mass is 268 g/mol. The standard InChI is InChI=1S/C14H18F2N2O/c1-3-4-5-12-14(19)18(2)13(17-12)9-6-7-10(15)11(16)8-9/h6-8,12-13,17H,3-5H2,1-2H3. The molecule has 0 aromatic heterocycles. The number of carbonyl (C=O) groups is 1. The molecule has 1 aromatic carbocycles. The van der Waals surface area contributed by atoms with E-state index in [2.05, 4.69) is 12.2 Å². The SMILES string of the molecule is CCCCC1NC(c2ccc(F)c(F)c2)N(C)C1=O. The molecular formula is C14H18F2N2O.